The Balaban J connectivity index is 1.42. The average Bonchev–Trinajstić information content (AvgIpc) is 2.89. The maximum Gasteiger partial charge on any atom is 0.0518 e. The first kappa shape index (κ1) is 13.3. The second kappa shape index (κ2) is 6.72. The van der Waals surface area contributed by atoms with Crippen LogP contribution in [0.3, 0.4) is 0 Å². The third-order valence-corrected chi connectivity index (χ3v) is 4.05. The van der Waals surface area contributed by atoms with E-state index in [0.29, 0.717) is 6.10 Å². The molecule has 2 bridgehead atoms. The minimum Gasteiger partial charge on any atom is -0.379 e. The molecule has 3 heteroatoms. The van der Waals surface area contributed by atoms with Gasteiger partial charge < -0.3 is 10.1 Å². The van der Waals surface area contributed by atoms with Crippen LogP contribution < -0.4 is 5.32 Å². The van der Waals surface area contributed by atoms with E-state index in [1.807, 2.05) is 0 Å². The maximum atomic E-state index is 5.51. The first-order valence-electron chi connectivity index (χ1n) is 7.32. The highest BCUT2D eigenvalue weighted by Crippen LogP contribution is 2.36. The first-order chi connectivity index (χ1) is 8.25. The summed E-state index contributed by atoms with van der Waals surface area (Å²) < 4.78 is 5.51. The van der Waals surface area contributed by atoms with Crippen LogP contribution in [0, 0.1) is 5.92 Å². The van der Waals surface area contributed by atoms with Crippen LogP contribution in [-0.2, 0) is 4.74 Å². The van der Waals surface area contributed by atoms with Crippen molar-refractivity contribution in [3.05, 3.63) is 0 Å². The molecule has 1 saturated carbocycles. The van der Waals surface area contributed by atoms with Gasteiger partial charge in [-0.1, -0.05) is 0 Å². The van der Waals surface area contributed by atoms with Crippen molar-refractivity contribution in [2.24, 2.45) is 5.92 Å². The summed E-state index contributed by atoms with van der Waals surface area (Å²) in [7, 11) is 0. The van der Waals surface area contributed by atoms with Crippen LogP contribution in [0.15, 0.2) is 0 Å². The lowest BCUT2D eigenvalue weighted by Crippen LogP contribution is -2.37. The molecule has 0 spiro atoms. The number of nitrogens with one attached hydrogen (secondary N) is 1. The Kier molecular flexibility index (Phi) is 5.26. The molecule has 2 rings (SSSR count). The van der Waals surface area contributed by atoms with Crippen molar-refractivity contribution in [3.8, 4) is 0 Å². The molecule has 1 aliphatic heterocycles. The Labute approximate surface area is 106 Å². The summed E-state index contributed by atoms with van der Waals surface area (Å²) in [5, 5.41) is 3.52. The van der Waals surface area contributed by atoms with Crippen LogP contribution in [0.2, 0.25) is 0 Å². The van der Waals surface area contributed by atoms with E-state index in [9.17, 15) is 0 Å². The van der Waals surface area contributed by atoms with Gasteiger partial charge >= 0.3 is 0 Å². The highest BCUT2D eigenvalue weighted by atomic mass is 16.5. The highest BCUT2D eigenvalue weighted by molar-refractivity contribution is 4.91. The number of piperidine rings is 1. The first-order valence-corrected chi connectivity index (χ1v) is 7.32. The van der Waals surface area contributed by atoms with E-state index >= 15 is 0 Å². The van der Waals surface area contributed by atoms with Gasteiger partial charge in [0, 0.05) is 32.3 Å². The molecule has 0 aromatic carbocycles. The van der Waals surface area contributed by atoms with Gasteiger partial charge in [-0.25, -0.2) is 0 Å². The molecular weight excluding hydrogens is 212 g/mol. The van der Waals surface area contributed by atoms with Crippen LogP contribution in [-0.4, -0.2) is 49.8 Å². The molecule has 3 nitrogen and oxygen atoms in total. The fraction of sp³-hybridized carbons (Fsp3) is 1.00. The van der Waals surface area contributed by atoms with E-state index in [2.05, 4.69) is 24.1 Å². The molecule has 2 aliphatic rings. The normalized spacial score (nSPS) is 28.4. The van der Waals surface area contributed by atoms with Gasteiger partial charge in [-0.3, -0.25) is 4.90 Å². The number of ether oxygens (including phenoxy) is 1. The van der Waals surface area contributed by atoms with E-state index in [0.717, 1.165) is 38.1 Å². The smallest absolute Gasteiger partial charge is 0.0518 e. The topological polar surface area (TPSA) is 24.5 Å². The van der Waals surface area contributed by atoms with Crippen molar-refractivity contribution in [2.75, 3.05) is 32.8 Å². The van der Waals surface area contributed by atoms with E-state index in [1.54, 1.807) is 0 Å². The molecule has 1 N–H and O–H groups in total. The van der Waals surface area contributed by atoms with Gasteiger partial charge in [0.15, 0.2) is 0 Å². The predicted molar refractivity (Wildman–Crippen MR) is 71.3 cm³/mol. The largest absolute Gasteiger partial charge is 0.379 e. The second-order valence-electron chi connectivity index (χ2n) is 5.85. The summed E-state index contributed by atoms with van der Waals surface area (Å²) in [5.41, 5.74) is 0. The number of hydrogen-bond donors (Lipinski definition) is 1. The fourth-order valence-electron chi connectivity index (χ4n) is 3.16. The third-order valence-electron chi connectivity index (χ3n) is 4.05. The molecular formula is C14H28N2O. The van der Waals surface area contributed by atoms with Crippen LogP contribution in [0.5, 0.6) is 0 Å². The zero-order valence-electron chi connectivity index (χ0n) is 11.5. The zero-order chi connectivity index (χ0) is 12.1. The number of hydrogen-bond acceptors (Lipinski definition) is 3. The van der Waals surface area contributed by atoms with Crippen molar-refractivity contribution in [2.45, 2.75) is 51.7 Å². The third kappa shape index (κ3) is 4.23. The van der Waals surface area contributed by atoms with Crippen molar-refractivity contribution < 1.29 is 4.74 Å². The lowest BCUT2D eigenvalue weighted by molar-refractivity contribution is 0.0769. The molecule has 100 valence electrons. The molecule has 2 unspecified atom stereocenters. The molecule has 17 heavy (non-hydrogen) atoms. The molecule has 1 heterocycles. The molecule has 2 atom stereocenters. The minimum atomic E-state index is 0.371. The predicted octanol–water partition coefficient (Wildman–Crippen LogP) is 1.88. The Morgan fingerprint density at radius 2 is 2.18 bits per heavy atom. The Hall–Kier alpha value is -0.120. The standard InChI is InChI=1S/C14H28N2O/c1-12(2)17-9-3-6-15-7-8-16-11-13-4-5-14(16)10-13/h12-15H,3-11H2,1-2H3. The van der Waals surface area contributed by atoms with Gasteiger partial charge in [-0.2, -0.15) is 0 Å². The van der Waals surface area contributed by atoms with Crippen LogP contribution in [0.1, 0.15) is 39.5 Å². The van der Waals surface area contributed by atoms with Gasteiger partial charge in [-0.15, -0.1) is 0 Å². The average molecular weight is 240 g/mol. The van der Waals surface area contributed by atoms with Gasteiger partial charge in [0.1, 0.15) is 0 Å². The van der Waals surface area contributed by atoms with E-state index in [-0.39, 0.29) is 0 Å². The van der Waals surface area contributed by atoms with Gasteiger partial charge in [0.2, 0.25) is 0 Å². The van der Waals surface area contributed by atoms with E-state index < -0.39 is 0 Å². The van der Waals surface area contributed by atoms with Gasteiger partial charge in [-0.05, 0) is 52.0 Å². The lowest BCUT2D eigenvalue weighted by Gasteiger charge is -2.26. The van der Waals surface area contributed by atoms with E-state index in [1.165, 1.54) is 32.4 Å². The fourth-order valence-corrected chi connectivity index (χ4v) is 3.16. The molecule has 0 aromatic rings. The molecule has 2 fully saturated rings. The number of rotatable bonds is 8. The van der Waals surface area contributed by atoms with Crippen LogP contribution >= 0.6 is 0 Å². The van der Waals surface area contributed by atoms with Crippen molar-refractivity contribution in [3.63, 3.8) is 0 Å². The Bertz CT molecular complexity index is 220. The molecule has 0 aromatic heterocycles. The van der Waals surface area contributed by atoms with Gasteiger partial charge in [0.05, 0.1) is 6.10 Å². The molecule has 1 aliphatic carbocycles. The summed E-state index contributed by atoms with van der Waals surface area (Å²) in [6, 6.07) is 0.922. The SMILES string of the molecule is CC(C)OCCCNCCN1CC2CCC1C2. The second-order valence-corrected chi connectivity index (χ2v) is 5.85. The number of nitrogens with zero attached hydrogens (tertiary/aromatic N) is 1. The van der Waals surface area contributed by atoms with Crippen molar-refractivity contribution in [1.29, 1.82) is 0 Å². The summed E-state index contributed by atoms with van der Waals surface area (Å²) in [4.78, 5) is 2.69. The minimum absolute atomic E-state index is 0.371. The molecule has 0 amide bonds. The van der Waals surface area contributed by atoms with Gasteiger partial charge in [0.25, 0.3) is 0 Å². The molecule has 0 radical (unpaired) electrons. The number of fused-ring (bicyclic) bond motifs is 2. The zero-order valence-corrected chi connectivity index (χ0v) is 11.5. The van der Waals surface area contributed by atoms with E-state index in [4.69, 9.17) is 4.74 Å². The Morgan fingerprint density at radius 3 is 2.82 bits per heavy atom. The Morgan fingerprint density at radius 1 is 1.29 bits per heavy atom. The maximum absolute atomic E-state index is 5.51. The summed E-state index contributed by atoms with van der Waals surface area (Å²) in [6.45, 7) is 9.92. The highest BCUT2D eigenvalue weighted by Gasteiger charge is 2.36. The van der Waals surface area contributed by atoms with Crippen LogP contribution in [0.25, 0.3) is 0 Å². The summed E-state index contributed by atoms with van der Waals surface area (Å²) >= 11 is 0. The monoisotopic (exact) mass is 240 g/mol. The lowest BCUT2D eigenvalue weighted by atomic mass is 10.1. The summed E-state index contributed by atoms with van der Waals surface area (Å²) in [5.74, 6) is 1.03. The summed E-state index contributed by atoms with van der Waals surface area (Å²) in [6.07, 6.45) is 5.91. The quantitative estimate of drug-likeness (QED) is 0.656. The molecule has 1 saturated heterocycles. The number of likely N-dealkylation sites (tertiary alicyclic amines) is 1. The van der Waals surface area contributed by atoms with Crippen molar-refractivity contribution in [1.82, 2.24) is 10.2 Å². The van der Waals surface area contributed by atoms with Crippen molar-refractivity contribution >= 4 is 0 Å². The van der Waals surface area contributed by atoms with Crippen LogP contribution in [0.4, 0.5) is 0 Å².